The van der Waals surface area contributed by atoms with Crippen molar-refractivity contribution in [2.24, 2.45) is 16.3 Å². The van der Waals surface area contributed by atoms with Crippen LogP contribution >= 0.6 is 24.0 Å². The van der Waals surface area contributed by atoms with Crippen molar-refractivity contribution in [2.45, 2.75) is 59.1 Å². The van der Waals surface area contributed by atoms with Gasteiger partial charge in [-0.15, -0.1) is 24.0 Å². The summed E-state index contributed by atoms with van der Waals surface area (Å²) in [6.07, 6.45) is 3.61. The summed E-state index contributed by atoms with van der Waals surface area (Å²) < 4.78 is 5.97. The first kappa shape index (κ1) is 23.2. The Balaban J connectivity index is 0.00000338. The van der Waals surface area contributed by atoms with Crippen LogP contribution in [0.25, 0.3) is 0 Å². The first-order valence-electron chi connectivity index (χ1n) is 9.53. The van der Waals surface area contributed by atoms with Gasteiger partial charge in [0.1, 0.15) is 0 Å². The van der Waals surface area contributed by atoms with Gasteiger partial charge in [-0.1, -0.05) is 51.1 Å². The lowest BCUT2D eigenvalue weighted by atomic mass is 9.89. The summed E-state index contributed by atoms with van der Waals surface area (Å²) in [7, 11) is 1.84. The van der Waals surface area contributed by atoms with Crippen molar-refractivity contribution in [3.63, 3.8) is 0 Å². The lowest BCUT2D eigenvalue weighted by Crippen LogP contribution is -2.44. The van der Waals surface area contributed by atoms with E-state index in [1.807, 2.05) is 7.05 Å². The molecule has 2 N–H and O–H groups in total. The van der Waals surface area contributed by atoms with Gasteiger partial charge in [-0.25, -0.2) is 0 Å². The topological polar surface area (TPSA) is 45.7 Å². The molecule has 0 aliphatic carbocycles. The second kappa shape index (κ2) is 11.1. The fourth-order valence-electron chi connectivity index (χ4n) is 3.23. The van der Waals surface area contributed by atoms with Crippen molar-refractivity contribution in [1.29, 1.82) is 0 Å². The predicted octanol–water partition coefficient (Wildman–Crippen LogP) is 4.76. The highest BCUT2D eigenvalue weighted by atomic mass is 127. The summed E-state index contributed by atoms with van der Waals surface area (Å²) in [5.74, 6) is 1.37. The summed E-state index contributed by atoms with van der Waals surface area (Å²) in [6, 6.07) is 10.9. The Bertz CT molecular complexity index is 542. The first-order chi connectivity index (χ1) is 11.9. The molecule has 0 saturated carbocycles. The van der Waals surface area contributed by atoms with E-state index in [4.69, 9.17) is 4.74 Å². The molecule has 0 aromatic heterocycles. The molecule has 1 aliphatic rings. The number of rotatable bonds is 6. The van der Waals surface area contributed by atoms with Gasteiger partial charge in [0, 0.05) is 32.2 Å². The van der Waals surface area contributed by atoms with Crippen LogP contribution in [0.2, 0.25) is 0 Å². The lowest BCUT2D eigenvalue weighted by molar-refractivity contribution is 0.0915. The molecular formula is C21H36IN3O. The van der Waals surface area contributed by atoms with E-state index < -0.39 is 0 Å². The summed E-state index contributed by atoms with van der Waals surface area (Å²) in [5, 5.41) is 7.01. The van der Waals surface area contributed by atoms with Crippen LogP contribution in [-0.4, -0.2) is 32.2 Å². The third kappa shape index (κ3) is 7.82. The highest BCUT2D eigenvalue weighted by Crippen LogP contribution is 2.33. The number of guanidine groups is 1. The maximum atomic E-state index is 5.97. The van der Waals surface area contributed by atoms with Crippen LogP contribution in [-0.2, 0) is 4.74 Å². The van der Waals surface area contributed by atoms with E-state index in [0.717, 1.165) is 32.0 Å². The van der Waals surface area contributed by atoms with Gasteiger partial charge in [0.2, 0.25) is 0 Å². The molecule has 2 rings (SSSR count). The Morgan fingerprint density at radius 2 is 1.96 bits per heavy atom. The smallest absolute Gasteiger partial charge is 0.191 e. The zero-order valence-corrected chi connectivity index (χ0v) is 19.2. The van der Waals surface area contributed by atoms with Crippen LogP contribution in [0, 0.1) is 11.3 Å². The van der Waals surface area contributed by atoms with E-state index in [-0.39, 0.29) is 30.1 Å². The molecule has 3 unspecified atom stereocenters. The highest BCUT2D eigenvalue weighted by molar-refractivity contribution is 14.0. The average molecular weight is 473 g/mol. The molecule has 4 nitrogen and oxygen atoms in total. The molecule has 26 heavy (non-hydrogen) atoms. The normalized spacial score (nSPS) is 21.8. The Labute approximate surface area is 176 Å². The van der Waals surface area contributed by atoms with Gasteiger partial charge >= 0.3 is 0 Å². The van der Waals surface area contributed by atoms with Crippen LogP contribution in [0.1, 0.15) is 58.6 Å². The summed E-state index contributed by atoms with van der Waals surface area (Å²) in [4.78, 5) is 4.38. The number of halogens is 1. The number of nitrogens with one attached hydrogen (secondary N) is 2. The fourth-order valence-corrected chi connectivity index (χ4v) is 3.23. The second-order valence-electron chi connectivity index (χ2n) is 8.35. The van der Waals surface area contributed by atoms with E-state index in [1.54, 1.807) is 0 Å². The maximum absolute atomic E-state index is 5.97. The minimum atomic E-state index is 0. The van der Waals surface area contributed by atoms with Crippen LogP contribution in [0.5, 0.6) is 0 Å². The number of hydrogen-bond acceptors (Lipinski definition) is 2. The van der Waals surface area contributed by atoms with E-state index in [0.29, 0.717) is 17.4 Å². The van der Waals surface area contributed by atoms with Gasteiger partial charge in [-0.05, 0) is 37.2 Å². The van der Waals surface area contributed by atoms with Crippen LogP contribution in [0.4, 0.5) is 0 Å². The molecule has 0 radical (unpaired) electrons. The molecule has 1 aromatic carbocycles. The molecule has 1 aliphatic heterocycles. The van der Waals surface area contributed by atoms with Crippen molar-refractivity contribution < 1.29 is 4.74 Å². The lowest BCUT2D eigenvalue weighted by Gasteiger charge is -2.24. The Morgan fingerprint density at radius 1 is 1.27 bits per heavy atom. The standard InChI is InChI=1S/C21H35N3O.HI/c1-16(11-13-21(2,3)4)24-20(22-5)23-15-18-12-14-25-19(18)17-9-7-6-8-10-17;/h6-10,16,18-19H,11-15H2,1-5H3,(H2,22,23,24);1H. The SMILES string of the molecule is CN=C(NCC1CCOC1c1ccccc1)NC(C)CCC(C)(C)C.I. The van der Waals surface area contributed by atoms with E-state index >= 15 is 0 Å². The monoisotopic (exact) mass is 473 g/mol. The van der Waals surface area contributed by atoms with Crippen LogP contribution in [0.3, 0.4) is 0 Å². The summed E-state index contributed by atoms with van der Waals surface area (Å²) >= 11 is 0. The molecule has 1 aromatic rings. The zero-order chi connectivity index (χ0) is 18.3. The third-order valence-corrected chi connectivity index (χ3v) is 4.81. The minimum Gasteiger partial charge on any atom is -0.373 e. The van der Waals surface area contributed by atoms with Crippen molar-refractivity contribution in [1.82, 2.24) is 10.6 Å². The number of aliphatic imine (C=N–C) groups is 1. The Morgan fingerprint density at radius 3 is 2.58 bits per heavy atom. The Kier molecular flexibility index (Phi) is 9.93. The third-order valence-electron chi connectivity index (χ3n) is 4.81. The predicted molar refractivity (Wildman–Crippen MR) is 121 cm³/mol. The molecule has 1 heterocycles. The van der Waals surface area contributed by atoms with Crippen LogP contribution < -0.4 is 10.6 Å². The highest BCUT2D eigenvalue weighted by Gasteiger charge is 2.29. The van der Waals surface area contributed by atoms with Gasteiger partial charge in [0.05, 0.1) is 6.10 Å². The number of nitrogens with zero attached hydrogens (tertiary/aromatic N) is 1. The van der Waals surface area contributed by atoms with Gasteiger partial charge in [0.15, 0.2) is 5.96 Å². The van der Waals surface area contributed by atoms with E-state index in [1.165, 1.54) is 12.0 Å². The maximum Gasteiger partial charge on any atom is 0.191 e. The second-order valence-corrected chi connectivity index (χ2v) is 8.35. The van der Waals surface area contributed by atoms with Crippen LogP contribution in [0.15, 0.2) is 35.3 Å². The Hall–Kier alpha value is -0.820. The number of benzene rings is 1. The molecule has 1 fully saturated rings. The van der Waals surface area contributed by atoms with Gasteiger partial charge in [0.25, 0.3) is 0 Å². The van der Waals surface area contributed by atoms with Crippen molar-refractivity contribution >= 4 is 29.9 Å². The molecule has 0 bridgehead atoms. The molecular weight excluding hydrogens is 437 g/mol. The van der Waals surface area contributed by atoms with Crippen molar-refractivity contribution in [3.05, 3.63) is 35.9 Å². The van der Waals surface area contributed by atoms with Gasteiger partial charge in [-0.3, -0.25) is 4.99 Å². The average Bonchev–Trinajstić information content (AvgIpc) is 3.05. The fraction of sp³-hybridized carbons (Fsp3) is 0.667. The van der Waals surface area contributed by atoms with E-state index in [2.05, 4.69) is 73.7 Å². The minimum absolute atomic E-state index is 0. The number of hydrogen-bond donors (Lipinski definition) is 2. The van der Waals surface area contributed by atoms with E-state index in [9.17, 15) is 0 Å². The first-order valence-corrected chi connectivity index (χ1v) is 9.53. The zero-order valence-electron chi connectivity index (χ0n) is 16.9. The van der Waals surface area contributed by atoms with Gasteiger partial charge < -0.3 is 15.4 Å². The van der Waals surface area contributed by atoms with Crippen molar-refractivity contribution in [2.75, 3.05) is 20.2 Å². The summed E-state index contributed by atoms with van der Waals surface area (Å²) in [6.45, 7) is 10.8. The summed E-state index contributed by atoms with van der Waals surface area (Å²) in [5.41, 5.74) is 1.64. The molecule has 3 atom stereocenters. The molecule has 5 heteroatoms. The largest absolute Gasteiger partial charge is 0.373 e. The molecule has 148 valence electrons. The van der Waals surface area contributed by atoms with Gasteiger partial charge in [-0.2, -0.15) is 0 Å². The quantitative estimate of drug-likeness (QED) is 0.356. The molecule has 0 amide bonds. The molecule has 0 spiro atoms. The number of ether oxygens (including phenoxy) is 1. The molecule has 1 saturated heterocycles. The van der Waals surface area contributed by atoms with Crippen molar-refractivity contribution in [3.8, 4) is 0 Å².